The number of hydrogen-bond acceptors (Lipinski definition) is 7. The van der Waals surface area contributed by atoms with Gasteiger partial charge < -0.3 is 29.6 Å². The first kappa shape index (κ1) is 20.2. The molecule has 0 radical (unpaired) electrons. The molecule has 2 aromatic rings. The second kappa shape index (κ2) is 7.00. The van der Waals surface area contributed by atoms with Crippen LogP contribution in [0.25, 0.3) is 0 Å². The van der Waals surface area contributed by atoms with E-state index in [1.807, 2.05) is 22.9 Å². The van der Waals surface area contributed by atoms with E-state index in [1.165, 1.54) is 17.9 Å². The summed E-state index contributed by atoms with van der Waals surface area (Å²) >= 11 is 0. The number of aliphatic hydroxyl groups is 2. The van der Waals surface area contributed by atoms with Gasteiger partial charge in [0.05, 0.1) is 35.3 Å². The van der Waals surface area contributed by atoms with Gasteiger partial charge in [-0.1, -0.05) is 18.2 Å². The number of aliphatic hydroxyl groups excluding tert-OH is 2. The number of para-hydroxylation sites is 2. The van der Waals surface area contributed by atoms with Crippen molar-refractivity contribution in [3.63, 3.8) is 0 Å². The lowest BCUT2D eigenvalue weighted by atomic mass is 10.1. The van der Waals surface area contributed by atoms with Gasteiger partial charge in [0.2, 0.25) is 6.23 Å². The average Bonchev–Trinajstić information content (AvgIpc) is 2.95. The Morgan fingerprint density at radius 3 is 2.50 bits per heavy atom. The summed E-state index contributed by atoms with van der Waals surface area (Å²) in [6.45, 7) is 1.47. The number of rotatable bonds is 3. The predicted octanol–water partition coefficient (Wildman–Crippen LogP) is 2.63. The molecule has 4 rings (SSSR count). The summed E-state index contributed by atoms with van der Waals surface area (Å²) < 4.78 is 33.9. The van der Waals surface area contributed by atoms with Gasteiger partial charge in [-0.2, -0.15) is 14.0 Å². The molecule has 158 valence electrons. The van der Waals surface area contributed by atoms with E-state index in [2.05, 4.69) is 6.07 Å². The Hall–Kier alpha value is -3.09. The Morgan fingerprint density at radius 2 is 1.83 bits per heavy atom. The molecule has 0 amide bonds. The molecule has 7 nitrogen and oxygen atoms in total. The molecule has 0 saturated carbocycles. The predicted molar refractivity (Wildman–Crippen MR) is 108 cm³/mol. The zero-order valence-corrected chi connectivity index (χ0v) is 16.8. The molecule has 0 aliphatic carbocycles. The Balaban J connectivity index is 1.75. The van der Waals surface area contributed by atoms with Crippen molar-refractivity contribution in [3.05, 3.63) is 47.5 Å². The van der Waals surface area contributed by atoms with Gasteiger partial charge >= 0.3 is 6.11 Å². The Morgan fingerprint density at radius 1 is 1.17 bits per heavy atom. The van der Waals surface area contributed by atoms with Crippen molar-refractivity contribution in [1.82, 2.24) is 0 Å². The van der Waals surface area contributed by atoms with Gasteiger partial charge in [-0.25, -0.2) is 0 Å². The maximum Gasteiger partial charge on any atom is 0.444 e. The molecule has 2 aliphatic heterocycles. The van der Waals surface area contributed by atoms with Crippen molar-refractivity contribution < 1.29 is 23.7 Å². The van der Waals surface area contributed by atoms with Gasteiger partial charge in [0.1, 0.15) is 12.2 Å². The topological polar surface area (TPSA) is 83.2 Å². The maximum absolute atomic E-state index is 14.6. The number of ether oxygens (including phenoxy) is 1. The number of nitriles is 1. The summed E-state index contributed by atoms with van der Waals surface area (Å²) in [6, 6.07) is 12.2. The number of likely N-dealkylation sites (N-methyl/N-ethyl adjacent to an activating group) is 2. The quantitative estimate of drug-likeness (QED) is 0.796. The Kier molecular flexibility index (Phi) is 4.71. The molecule has 0 bridgehead atoms. The van der Waals surface area contributed by atoms with E-state index < -0.39 is 24.6 Å². The fourth-order valence-electron chi connectivity index (χ4n) is 4.18. The molecule has 0 saturated heterocycles. The highest BCUT2D eigenvalue weighted by atomic mass is 19.3. The Labute approximate surface area is 172 Å². The third-order valence-corrected chi connectivity index (χ3v) is 5.74. The fraction of sp³-hybridized carbons (Fsp3) is 0.381. The average molecular weight is 416 g/mol. The van der Waals surface area contributed by atoms with E-state index in [9.17, 15) is 24.3 Å². The second-order valence-corrected chi connectivity index (χ2v) is 7.55. The van der Waals surface area contributed by atoms with E-state index in [-0.39, 0.29) is 23.5 Å². The second-order valence-electron chi connectivity index (χ2n) is 7.55. The largest absolute Gasteiger partial charge is 0.444 e. The van der Waals surface area contributed by atoms with Crippen LogP contribution in [-0.4, -0.2) is 49.4 Å². The van der Waals surface area contributed by atoms with Crippen LogP contribution in [0.5, 0.6) is 5.75 Å². The van der Waals surface area contributed by atoms with E-state index in [1.54, 1.807) is 31.3 Å². The van der Waals surface area contributed by atoms with E-state index >= 15 is 0 Å². The SMILES string of the molecule is CC(O)c1cccc2c1OC(F)(F)C(O)N2CC1N(C)c2cccc(C#N)c2N1C. The lowest BCUT2D eigenvalue weighted by molar-refractivity contribution is -0.245. The van der Waals surface area contributed by atoms with Crippen LogP contribution in [0.4, 0.5) is 25.8 Å². The van der Waals surface area contributed by atoms with E-state index in [4.69, 9.17) is 4.74 Å². The van der Waals surface area contributed by atoms with Crippen LogP contribution in [0.15, 0.2) is 36.4 Å². The molecule has 3 unspecified atom stereocenters. The van der Waals surface area contributed by atoms with Crippen molar-refractivity contribution in [2.45, 2.75) is 31.5 Å². The zero-order chi connectivity index (χ0) is 21.8. The molecule has 2 heterocycles. The minimum atomic E-state index is -3.86. The zero-order valence-electron chi connectivity index (χ0n) is 16.8. The van der Waals surface area contributed by atoms with Crippen LogP contribution in [0.1, 0.15) is 24.2 Å². The summed E-state index contributed by atoms with van der Waals surface area (Å²) in [5.41, 5.74) is 2.47. The molecular formula is C21H22F2N4O3. The van der Waals surface area contributed by atoms with Gasteiger partial charge in [-0.05, 0) is 25.1 Å². The number of hydrogen-bond donors (Lipinski definition) is 2. The molecule has 2 N–H and O–H groups in total. The van der Waals surface area contributed by atoms with Crippen molar-refractivity contribution in [1.29, 1.82) is 5.26 Å². The van der Waals surface area contributed by atoms with Crippen LogP contribution in [0.3, 0.4) is 0 Å². The van der Waals surface area contributed by atoms with Gasteiger partial charge in [-0.15, -0.1) is 0 Å². The van der Waals surface area contributed by atoms with Crippen molar-refractivity contribution >= 4 is 17.1 Å². The van der Waals surface area contributed by atoms with E-state index in [0.29, 0.717) is 11.3 Å². The number of fused-ring (bicyclic) bond motifs is 2. The minimum absolute atomic E-state index is 0.00290. The summed E-state index contributed by atoms with van der Waals surface area (Å²) in [5, 5.41) is 29.9. The van der Waals surface area contributed by atoms with E-state index in [0.717, 1.165) is 5.69 Å². The standard InChI is InChI=1S/C21H22F2N4O3/c1-12(28)14-7-5-9-16-19(14)30-21(22,23)20(29)27(16)11-17-25(2)15-8-4-6-13(10-24)18(15)26(17)3/h4-9,12,17,20,28-29H,11H2,1-3H3. The van der Waals surface area contributed by atoms with Gasteiger partial charge in [0.15, 0.2) is 5.75 Å². The number of alkyl halides is 2. The van der Waals surface area contributed by atoms with Crippen molar-refractivity contribution in [3.8, 4) is 11.8 Å². The molecule has 3 atom stereocenters. The smallest absolute Gasteiger partial charge is 0.427 e. The van der Waals surface area contributed by atoms with Gasteiger partial charge in [-0.3, -0.25) is 0 Å². The summed E-state index contributed by atoms with van der Waals surface area (Å²) in [6.07, 6.45) is -7.53. The van der Waals surface area contributed by atoms with Crippen LogP contribution in [0.2, 0.25) is 0 Å². The fourth-order valence-corrected chi connectivity index (χ4v) is 4.18. The monoisotopic (exact) mass is 416 g/mol. The first-order chi connectivity index (χ1) is 14.2. The van der Waals surface area contributed by atoms with Crippen LogP contribution < -0.4 is 19.4 Å². The number of benzene rings is 2. The highest BCUT2D eigenvalue weighted by Crippen LogP contribution is 2.47. The van der Waals surface area contributed by atoms with Crippen LogP contribution >= 0.6 is 0 Å². The summed E-state index contributed by atoms with van der Waals surface area (Å²) in [4.78, 5) is 4.90. The third-order valence-electron chi connectivity index (χ3n) is 5.74. The summed E-state index contributed by atoms with van der Waals surface area (Å²) in [5.74, 6) is -0.152. The minimum Gasteiger partial charge on any atom is -0.427 e. The normalized spacial score (nSPS) is 22.8. The lowest BCUT2D eigenvalue weighted by Gasteiger charge is -2.43. The number of halogens is 2. The molecule has 2 aliphatic rings. The Bertz CT molecular complexity index is 1020. The van der Waals surface area contributed by atoms with Crippen LogP contribution in [0, 0.1) is 11.3 Å². The van der Waals surface area contributed by atoms with Gasteiger partial charge in [0, 0.05) is 19.7 Å². The van der Waals surface area contributed by atoms with Gasteiger partial charge in [0.25, 0.3) is 0 Å². The third kappa shape index (κ3) is 2.91. The highest BCUT2D eigenvalue weighted by molar-refractivity contribution is 5.82. The molecule has 2 aromatic carbocycles. The highest BCUT2D eigenvalue weighted by Gasteiger charge is 2.52. The molecule has 0 spiro atoms. The summed E-state index contributed by atoms with van der Waals surface area (Å²) in [7, 11) is 3.60. The maximum atomic E-state index is 14.6. The molecule has 9 heteroatoms. The first-order valence-corrected chi connectivity index (χ1v) is 9.48. The first-order valence-electron chi connectivity index (χ1n) is 9.48. The number of anilines is 3. The van der Waals surface area contributed by atoms with Crippen LogP contribution in [-0.2, 0) is 0 Å². The lowest BCUT2D eigenvalue weighted by Crippen LogP contribution is -2.59. The molecule has 0 fully saturated rings. The molecular weight excluding hydrogens is 394 g/mol. The molecule has 0 aromatic heterocycles. The van der Waals surface area contributed by atoms with Crippen molar-refractivity contribution in [2.24, 2.45) is 0 Å². The number of nitrogens with zero attached hydrogens (tertiary/aromatic N) is 4. The van der Waals surface area contributed by atoms with Crippen molar-refractivity contribution in [2.75, 3.05) is 35.3 Å². The molecule has 30 heavy (non-hydrogen) atoms.